The fourth-order valence-electron chi connectivity index (χ4n) is 4.94. The Balaban J connectivity index is 1.88. The van der Waals surface area contributed by atoms with E-state index in [1.165, 1.54) is 6.08 Å². The van der Waals surface area contributed by atoms with Crippen LogP contribution in [0, 0.1) is 11.8 Å². The summed E-state index contributed by atoms with van der Waals surface area (Å²) in [6.07, 6.45) is 3.39. The van der Waals surface area contributed by atoms with Gasteiger partial charge in [-0.2, -0.15) is 0 Å². The number of benzene rings is 1. The minimum Gasteiger partial charge on any atom is -0.470 e. The molecule has 0 radical (unpaired) electrons. The highest BCUT2D eigenvalue weighted by molar-refractivity contribution is 6.74. The second-order valence-corrected chi connectivity index (χ2v) is 16.2. The second-order valence-electron chi connectivity index (χ2n) is 11.4. The molecule has 0 amide bonds. The van der Waals surface area contributed by atoms with E-state index in [0.29, 0.717) is 5.76 Å². The minimum atomic E-state index is -2.56. The van der Waals surface area contributed by atoms with Crippen LogP contribution < -0.4 is 4.74 Å². The maximum atomic E-state index is 14.4. The van der Waals surface area contributed by atoms with Crippen molar-refractivity contribution < 1.29 is 23.3 Å². The van der Waals surface area contributed by atoms with Gasteiger partial charge in [0.2, 0.25) is 5.78 Å². The lowest BCUT2D eigenvalue weighted by atomic mass is 9.61. The van der Waals surface area contributed by atoms with Crippen LogP contribution in [-0.2, 0) is 15.8 Å². The van der Waals surface area contributed by atoms with Crippen molar-refractivity contribution in [2.75, 3.05) is 14.1 Å². The number of aromatic nitrogens is 1. The lowest BCUT2D eigenvalue weighted by Gasteiger charge is -2.53. The largest absolute Gasteiger partial charge is 0.470 e. The van der Waals surface area contributed by atoms with Crippen molar-refractivity contribution in [1.82, 2.24) is 10.1 Å². The molecular weight excluding hydrogens is 460 g/mol. The third-order valence-corrected chi connectivity index (χ3v) is 12.3. The van der Waals surface area contributed by atoms with Gasteiger partial charge in [0, 0.05) is 5.92 Å². The standard InChI is InChI=1S/C27H36N2O5Si/c1-17-14-15-19(30)27(34-35(7,8)26(2,3)4)21(17)22(29(5)6)23-20(24(27)31)25(28-33-23)32-16-18-12-10-9-11-13-18/h9-15,17,21-22H,16H2,1-8H3/t17-,21-,22-,27+/m0/s1. The van der Waals surface area contributed by atoms with Gasteiger partial charge in [-0.3, -0.25) is 14.5 Å². The van der Waals surface area contributed by atoms with Crippen LogP contribution in [0.3, 0.4) is 0 Å². The molecule has 0 bridgehead atoms. The molecule has 0 N–H and O–H groups in total. The Morgan fingerprint density at radius 2 is 1.80 bits per heavy atom. The Morgan fingerprint density at radius 1 is 1.14 bits per heavy atom. The van der Waals surface area contributed by atoms with Gasteiger partial charge in [-0.15, -0.1) is 0 Å². The highest BCUT2D eigenvalue weighted by atomic mass is 28.4. The van der Waals surface area contributed by atoms with Gasteiger partial charge in [-0.25, -0.2) is 0 Å². The van der Waals surface area contributed by atoms with Crippen molar-refractivity contribution in [2.45, 2.75) is 64.1 Å². The summed E-state index contributed by atoms with van der Waals surface area (Å²) >= 11 is 0. The Morgan fingerprint density at radius 3 is 2.40 bits per heavy atom. The van der Waals surface area contributed by atoms with Crippen LogP contribution >= 0.6 is 0 Å². The van der Waals surface area contributed by atoms with Gasteiger partial charge >= 0.3 is 0 Å². The SMILES string of the molecule is C[C@H]1C=CC(=O)[C@]2(O[Si](C)(C)C(C)(C)C)C(=O)c3c(OCc4ccccc4)noc3[C@@H](N(C)C)[C@H]12. The quantitative estimate of drug-likeness (QED) is 0.401. The van der Waals surface area contributed by atoms with Crippen molar-refractivity contribution in [2.24, 2.45) is 11.8 Å². The Labute approximate surface area is 208 Å². The molecule has 2 aliphatic carbocycles. The topological polar surface area (TPSA) is 81.9 Å². The molecule has 0 saturated carbocycles. The van der Waals surface area contributed by atoms with E-state index < -0.39 is 31.7 Å². The number of rotatable bonds is 6. The highest BCUT2D eigenvalue weighted by Gasteiger charge is 2.66. The molecule has 1 heterocycles. The molecule has 35 heavy (non-hydrogen) atoms. The van der Waals surface area contributed by atoms with Crippen molar-refractivity contribution in [3.63, 3.8) is 0 Å². The number of allylic oxidation sites excluding steroid dienone is 1. The van der Waals surface area contributed by atoms with Crippen LogP contribution in [-0.4, -0.2) is 49.6 Å². The van der Waals surface area contributed by atoms with E-state index in [-0.39, 0.29) is 34.8 Å². The van der Waals surface area contributed by atoms with Crippen LogP contribution in [0.25, 0.3) is 0 Å². The van der Waals surface area contributed by atoms with Crippen LogP contribution in [0.1, 0.15) is 55.4 Å². The summed E-state index contributed by atoms with van der Waals surface area (Å²) < 4.78 is 18.7. The predicted octanol–water partition coefficient (Wildman–Crippen LogP) is 5.20. The molecule has 4 atom stereocenters. The minimum absolute atomic E-state index is 0.0965. The van der Waals surface area contributed by atoms with Crippen LogP contribution in [0.5, 0.6) is 5.88 Å². The normalized spacial score (nSPS) is 26.6. The number of nitrogens with zero attached hydrogens (tertiary/aromatic N) is 2. The monoisotopic (exact) mass is 496 g/mol. The molecule has 2 aromatic rings. The van der Waals surface area contributed by atoms with Crippen molar-refractivity contribution in [3.8, 4) is 5.88 Å². The summed E-state index contributed by atoms with van der Waals surface area (Å²) in [7, 11) is 1.28. The molecule has 188 valence electrons. The van der Waals surface area contributed by atoms with E-state index in [2.05, 4.69) is 39.0 Å². The molecule has 0 saturated heterocycles. The van der Waals surface area contributed by atoms with Gasteiger partial charge in [0.1, 0.15) is 12.2 Å². The zero-order valence-corrected chi connectivity index (χ0v) is 22.9. The van der Waals surface area contributed by atoms with Crippen LogP contribution in [0.2, 0.25) is 18.1 Å². The van der Waals surface area contributed by atoms with E-state index in [1.54, 1.807) is 0 Å². The summed E-state index contributed by atoms with van der Waals surface area (Å²) in [5.41, 5.74) is -0.507. The lowest BCUT2D eigenvalue weighted by molar-refractivity contribution is -0.137. The molecule has 0 aliphatic heterocycles. The third-order valence-electron chi connectivity index (χ3n) is 7.81. The maximum Gasteiger partial charge on any atom is 0.265 e. The second kappa shape index (κ2) is 8.83. The number of Topliss-reactive ketones (excluding diaryl/α,β-unsaturated/α-hetero) is 1. The first kappa shape index (κ1) is 25.5. The van der Waals surface area contributed by atoms with E-state index in [9.17, 15) is 9.59 Å². The van der Waals surface area contributed by atoms with E-state index in [0.717, 1.165) is 5.56 Å². The van der Waals surface area contributed by atoms with E-state index >= 15 is 0 Å². The zero-order valence-electron chi connectivity index (χ0n) is 21.9. The van der Waals surface area contributed by atoms with E-state index in [4.69, 9.17) is 13.7 Å². The van der Waals surface area contributed by atoms with Gasteiger partial charge < -0.3 is 13.7 Å². The average molecular weight is 497 g/mol. The number of carbonyl (C=O) groups excluding carboxylic acids is 2. The molecular formula is C27H36N2O5Si. The number of hydrogen-bond donors (Lipinski definition) is 0. The molecule has 0 unspecified atom stereocenters. The molecule has 0 spiro atoms. The Bertz CT molecular complexity index is 1150. The number of ether oxygens (including phenoxy) is 1. The van der Waals surface area contributed by atoms with Gasteiger partial charge in [0.05, 0.1) is 6.04 Å². The molecule has 1 aromatic carbocycles. The summed E-state index contributed by atoms with van der Waals surface area (Å²) in [6, 6.07) is 9.26. The Hall–Kier alpha value is -2.55. The van der Waals surface area contributed by atoms with Crippen molar-refractivity contribution >= 4 is 19.9 Å². The highest BCUT2D eigenvalue weighted by Crippen LogP contribution is 2.55. The van der Waals surface area contributed by atoms with Gasteiger partial charge in [0.25, 0.3) is 5.88 Å². The van der Waals surface area contributed by atoms with Crippen molar-refractivity contribution in [3.05, 3.63) is 59.4 Å². The molecule has 1 aromatic heterocycles. The fourth-order valence-corrected chi connectivity index (χ4v) is 6.38. The maximum absolute atomic E-state index is 14.4. The van der Waals surface area contributed by atoms with E-state index in [1.807, 2.05) is 62.3 Å². The third kappa shape index (κ3) is 4.11. The average Bonchev–Trinajstić information content (AvgIpc) is 3.19. The summed E-state index contributed by atoms with van der Waals surface area (Å²) in [5.74, 6) is -0.751. The summed E-state index contributed by atoms with van der Waals surface area (Å²) in [5, 5.41) is 3.96. The Kier molecular flexibility index (Phi) is 6.45. The molecule has 7 nitrogen and oxygen atoms in total. The first-order chi connectivity index (χ1) is 16.3. The first-order valence-electron chi connectivity index (χ1n) is 12.1. The molecule has 4 rings (SSSR count). The molecule has 0 fully saturated rings. The van der Waals surface area contributed by atoms with Gasteiger partial charge in [0.15, 0.2) is 25.5 Å². The number of fused-ring (bicyclic) bond motifs is 2. The predicted molar refractivity (Wildman–Crippen MR) is 136 cm³/mol. The fraction of sp³-hybridized carbons (Fsp3) is 0.519. The molecule has 8 heteroatoms. The van der Waals surface area contributed by atoms with Gasteiger partial charge in [-0.05, 0) is 54.9 Å². The summed E-state index contributed by atoms with van der Waals surface area (Å²) in [6.45, 7) is 12.7. The first-order valence-corrected chi connectivity index (χ1v) is 15.0. The summed E-state index contributed by atoms with van der Waals surface area (Å²) in [4.78, 5) is 30.2. The smallest absolute Gasteiger partial charge is 0.265 e. The van der Waals surface area contributed by atoms with Gasteiger partial charge in [-0.1, -0.05) is 64.1 Å². The molecule has 2 aliphatic rings. The van der Waals surface area contributed by atoms with Crippen LogP contribution in [0.15, 0.2) is 47.0 Å². The zero-order chi connectivity index (χ0) is 25.8. The number of carbonyl (C=O) groups is 2. The van der Waals surface area contributed by atoms with Crippen LogP contribution in [0.4, 0.5) is 0 Å². The van der Waals surface area contributed by atoms with Crippen molar-refractivity contribution in [1.29, 1.82) is 0 Å². The number of hydrogen-bond acceptors (Lipinski definition) is 7. The number of ketones is 2. The lowest BCUT2D eigenvalue weighted by Crippen LogP contribution is -2.67.